The molecule has 1 rings (SSSR count). The van der Waals surface area contributed by atoms with E-state index >= 15 is 0 Å². The summed E-state index contributed by atoms with van der Waals surface area (Å²) in [6.07, 6.45) is 3.03. The molecule has 0 aromatic heterocycles. The fraction of sp³-hybridized carbons (Fsp3) is 0.750. The minimum atomic E-state index is -0.305. The van der Waals surface area contributed by atoms with E-state index in [0.717, 1.165) is 19.3 Å². The van der Waals surface area contributed by atoms with Crippen molar-refractivity contribution in [3.63, 3.8) is 0 Å². The highest BCUT2D eigenvalue weighted by molar-refractivity contribution is 5.80. The highest BCUT2D eigenvalue weighted by Crippen LogP contribution is 2.28. The standard InChI is InChI=1S/C8H14N2O2/c9-7(11)5-2-1-3-6(4-5)8(10)12/h5-6H,1-4H2,(H2,9,11)(H2,10,12)/t5-,6-/m1/s1. The molecule has 1 saturated carbocycles. The Hall–Kier alpha value is -1.06. The Balaban J connectivity index is 2.51. The van der Waals surface area contributed by atoms with Crippen LogP contribution in [-0.2, 0) is 9.59 Å². The minimum absolute atomic E-state index is 0.142. The lowest BCUT2D eigenvalue weighted by atomic mass is 9.81. The van der Waals surface area contributed by atoms with Gasteiger partial charge in [-0.2, -0.15) is 0 Å². The zero-order valence-corrected chi connectivity index (χ0v) is 6.95. The molecule has 1 aliphatic rings. The van der Waals surface area contributed by atoms with Gasteiger partial charge in [0.1, 0.15) is 0 Å². The first kappa shape index (κ1) is 9.03. The largest absolute Gasteiger partial charge is 0.369 e. The van der Waals surface area contributed by atoms with Crippen molar-refractivity contribution in [2.75, 3.05) is 0 Å². The van der Waals surface area contributed by atoms with Crippen LogP contribution >= 0.6 is 0 Å². The summed E-state index contributed by atoms with van der Waals surface area (Å²) >= 11 is 0. The van der Waals surface area contributed by atoms with Gasteiger partial charge >= 0.3 is 0 Å². The molecule has 0 aromatic carbocycles. The zero-order chi connectivity index (χ0) is 9.14. The lowest BCUT2D eigenvalue weighted by molar-refractivity contribution is -0.126. The van der Waals surface area contributed by atoms with Gasteiger partial charge in [-0.05, 0) is 19.3 Å². The maximum absolute atomic E-state index is 10.8. The van der Waals surface area contributed by atoms with Gasteiger partial charge in [0.15, 0.2) is 0 Å². The van der Waals surface area contributed by atoms with Gasteiger partial charge in [-0.15, -0.1) is 0 Å². The molecule has 4 N–H and O–H groups in total. The average Bonchev–Trinajstić information content (AvgIpc) is 2.04. The molecule has 0 aliphatic heterocycles. The SMILES string of the molecule is NC(=O)[C@@H]1CCC[C@@H](C(N)=O)C1. The predicted molar refractivity (Wildman–Crippen MR) is 43.8 cm³/mol. The molecule has 1 aliphatic carbocycles. The first-order valence-corrected chi connectivity index (χ1v) is 4.20. The highest BCUT2D eigenvalue weighted by atomic mass is 16.1. The van der Waals surface area contributed by atoms with Gasteiger partial charge in [-0.25, -0.2) is 0 Å². The zero-order valence-electron chi connectivity index (χ0n) is 6.95. The molecule has 4 nitrogen and oxygen atoms in total. The summed E-state index contributed by atoms with van der Waals surface area (Å²) in [7, 11) is 0. The lowest BCUT2D eigenvalue weighted by Gasteiger charge is -2.24. The van der Waals surface area contributed by atoms with E-state index < -0.39 is 0 Å². The Morgan fingerprint density at radius 1 is 1.00 bits per heavy atom. The Kier molecular flexibility index (Phi) is 2.68. The van der Waals surface area contributed by atoms with Gasteiger partial charge < -0.3 is 11.5 Å². The maximum atomic E-state index is 10.8. The summed E-state index contributed by atoms with van der Waals surface area (Å²) in [6.45, 7) is 0. The molecule has 0 unspecified atom stereocenters. The maximum Gasteiger partial charge on any atom is 0.220 e. The van der Waals surface area contributed by atoms with Gasteiger partial charge in [-0.1, -0.05) is 6.42 Å². The molecule has 0 aromatic rings. The molecule has 2 amide bonds. The molecule has 0 spiro atoms. The number of primary amides is 2. The van der Waals surface area contributed by atoms with E-state index in [1.165, 1.54) is 0 Å². The Morgan fingerprint density at radius 2 is 1.42 bits per heavy atom. The third-order valence-electron chi connectivity index (χ3n) is 2.48. The number of hydrogen-bond donors (Lipinski definition) is 2. The highest BCUT2D eigenvalue weighted by Gasteiger charge is 2.28. The normalized spacial score (nSPS) is 29.7. The monoisotopic (exact) mass is 170 g/mol. The van der Waals surface area contributed by atoms with Crippen molar-refractivity contribution in [3.05, 3.63) is 0 Å². The molecule has 12 heavy (non-hydrogen) atoms. The van der Waals surface area contributed by atoms with E-state index in [1.807, 2.05) is 0 Å². The second kappa shape index (κ2) is 3.56. The molecule has 0 heterocycles. The average molecular weight is 170 g/mol. The van der Waals surface area contributed by atoms with Crippen LogP contribution in [0.15, 0.2) is 0 Å². The van der Waals surface area contributed by atoms with E-state index in [1.54, 1.807) is 0 Å². The summed E-state index contributed by atoms with van der Waals surface area (Å²) in [4.78, 5) is 21.6. The smallest absolute Gasteiger partial charge is 0.220 e. The van der Waals surface area contributed by atoms with Crippen molar-refractivity contribution < 1.29 is 9.59 Å². The molecule has 1 fully saturated rings. The van der Waals surface area contributed by atoms with Crippen molar-refractivity contribution in [1.29, 1.82) is 0 Å². The van der Waals surface area contributed by atoms with Crippen molar-refractivity contribution >= 4 is 11.8 Å². The number of hydrogen-bond acceptors (Lipinski definition) is 2. The Morgan fingerprint density at radius 3 is 1.75 bits per heavy atom. The number of carbonyl (C=O) groups excluding carboxylic acids is 2. The molecule has 0 bridgehead atoms. The van der Waals surface area contributed by atoms with Crippen LogP contribution < -0.4 is 11.5 Å². The van der Waals surface area contributed by atoms with E-state index in [4.69, 9.17) is 11.5 Å². The summed E-state index contributed by atoms with van der Waals surface area (Å²) in [5, 5.41) is 0. The van der Waals surface area contributed by atoms with Crippen LogP contribution in [0, 0.1) is 11.8 Å². The molecule has 2 atom stereocenters. The van der Waals surface area contributed by atoms with Crippen LogP contribution in [0.3, 0.4) is 0 Å². The van der Waals surface area contributed by atoms with Crippen LogP contribution in [0.5, 0.6) is 0 Å². The second-order valence-electron chi connectivity index (χ2n) is 3.37. The van der Waals surface area contributed by atoms with Crippen LogP contribution in [0.1, 0.15) is 25.7 Å². The first-order chi connectivity index (χ1) is 5.61. The van der Waals surface area contributed by atoms with Gasteiger partial charge in [0.25, 0.3) is 0 Å². The van der Waals surface area contributed by atoms with E-state index in [9.17, 15) is 9.59 Å². The fourth-order valence-electron chi connectivity index (χ4n) is 1.71. The van der Waals surface area contributed by atoms with Gasteiger partial charge in [-0.3, -0.25) is 9.59 Å². The minimum Gasteiger partial charge on any atom is -0.369 e. The van der Waals surface area contributed by atoms with Crippen molar-refractivity contribution in [2.24, 2.45) is 23.3 Å². The summed E-state index contributed by atoms with van der Waals surface area (Å²) in [5.74, 6) is -0.894. The fourth-order valence-corrected chi connectivity index (χ4v) is 1.71. The third-order valence-corrected chi connectivity index (χ3v) is 2.48. The molecule has 4 heteroatoms. The van der Waals surface area contributed by atoms with Crippen LogP contribution in [0.4, 0.5) is 0 Å². The number of amides is 2. The second-order valence-corrected chi connectivity index (χ2v) is 3.37. The Labute approximate surface area is 71.3 Å². The van der Waals surface area contributed by atoms with E-state index in [-0.39, 0.29) is 23.7 Å². The number of nitrogens with two attached hydrogens (primary N) is 2. The van der Waals surface area contributed by atoms with Crippen LogP contribution in [0.25, 0.3) is 0 Å². The number of rotatable bonds is 2. The summed E-state index contributed by atoms with van der Waals surface area (Å²) in [5.41, 5.74) is 10.3. The van der Waals surface area contributed by atoms with E-state index in [2.05, 4.69) is 0 Å². The molecule has 0 radical (unpaired) electrons. The van der Waals surface area contributed by atoms with Crippen molar-refractivity contribution in [1.82, 2.24) is 0 Å². The molecular weight excluding hydrogens is 156 g/mol. The van der Waals surface area contributed by atoms with Crippen LogP contribution in [-0.4, -0.2) is 11.8 Å². The molecular formula is C8H14N2O2. The van der Waals surface area contributed by atoms with Gasteiger partial charge in [0, 0.05) is 11.8 Å². The predicted octanol–water partition coefficient (Wildman–Crippen LogP) is -0.237. The summed E-state index contributed by atoms with van der Waals surface area (Å²) < 4.78 is 0. The Bertz CT molecular complexity index is 183. The molecule has 68 valence electrons. The van der Waals surface area contributed by atoms with Crippen LogP contribution in [0.2, 0.25) is 0 Å². The van der Waals surface area contributed by atoms with Gasteiger partial charge in [0.2, 0.25) is 11.8 Å². The van der Waals surface area contributed by atoms with Crippen molar-refractivity contribution in [3.8, 4) is 0 Å². The van der Waals surface area contributed by atoms with E-state index in [0.29, 0.717) is 6.42 Å². The van der Waals surface area contributed by atoms with Gasteiger partial charge in [0.05, 0.1) is 0 Å². The van der Waals surface area contributed by atoms with Crippen molar-refractivity contribution in [2.45, 2.75) is 25.7 Å². The lowest BCUT2D eigenvalue weighted by Crippen LogP contribution is -2.34. The number of carbonyl (C=O) groups is 2. The third kappa shape index (κ3) is 1.96. The topological polar surface area (TPSA) is 86.2 Å². The molecule has 0 saturated heterocycles. The summed E-state index contributed by atoms with van der Waals surface area (Å²) in [6, 6.07) is 0. The quantitative estimate of drug-likeness (QED) is 0.599. The first-order valence-electron chi connectivity index (χ1n) is 4.20.